The highest BCUT2D eigenvalue weighted by Gasteiger charge is 2.18. The van der Waals surface area contributed by atoms with Gasteiger partial charge in [-0.15, -0.1) is 0 Å². The summed E-state index contributed by atoms with van der Waals surface area (Å²) in [5.41, 5.74) is 7.43. The van der Waals surface area contributed by atoms with Crippen LogP contribution in [0.25, 0.3) is 0 Å². The molecule has 0 aliphatic heterocycles. The molecule has 0 aliphatic rings. The van der Waals surface area contributed by atoms with Gasteiger partial charge >= 0.3 is 5.97 Å². The summed E-state index contributed by atoms with van der Waals surface area (Å²) in [7, 11) is 0. The van der Waals surface area contributed by atoms with Gasteiger partial charge in [-0.05, 0) is 11.1 Å². The van der Waals surface area contributed by atoms with Crippen molar-refractivity contribution in [2.45, 2.75) is 12.1 Å². The first-order valence-electron chi connectivity index (χ1n) is 6.38. The largest absolute Gasteiger partial charge is 0.480 e. The number of ether oxygens (including phenoxy) is 1. The molecule has 20 heavy (non-hydrogen) atoms. The van der Waals surface area contributed by atoms with Crippen LogP contribution < -0.4 is 5.73 Å². The Hall–Kier alpha value is -2.17. The zero-order chi connectivity index (χ0) is 14.4. The van der Waals surface area contributed by atoms with Crippen molar-refractivity contribution in [1.82, 2.24) is 0 Å². The fourth-order valence-electron chi connectivity index (χ4n) is 1.91. The molecule has 0 saturated heterocycles. The van der Waals surface area contributed by atoms with Crippen molar-refractivity contribution in [3.8, 4) is 0 Å². The van der Waals surface area contributed by atoms with Crippen molar-refractivity contribution in [2.75, 3.05) is 6.61 Å². The predicted molar refractivity (Wildman–Crippen MR) is 76.3 cm³/mol. The summed E-state index contributed by atoms with van der Waals surface area (Å²) in [5, 5.41) is 8.83. The number of carboxylic acid groups (broad SMARTS) is 1. The first-order valence-corrected chi connectivity index (χ1v) is 6.38. The third-order valence-corrected chi connectivity index (χ3v) is 2.96. The van der Waals surface area contributed by atoms with Crippen LogP contribution in [0, 0.1) is 0 Å². The van der Waals surface area contributed by atoms with Crippen LogP contribution >= 0.6 is 0 Å². The summed E-state index contributed by atoms with van der Waals surface area (Å²) >= 11 is 0. The summed E-state index contributed by atoms with van der Waals surface area (Å²) in [5.74, 6) is -1.06. The zero-order valence-corrected chi connectivity index (χ0v) is 11.0. The molecule has 1 atom stereocenters. The molecule has 0 amide bonds. The van der Waals surface area contributed by atoms with Crippen molar-refractivity contribution in [3.05, 3.63) is 71.8 Å². The van der Waals surface area contributed by atoms with E-state index in [9.17, 15) is 4.79 Å². The minimum atomic E-state index is -1.06. The van der Waals surface area contributed by atoms with Gasteiger partial charge in [0.1, 0.15) is 12.1 Å². The van der Waals surface area contributed by atoms with Crippen molar-refractivity contribution in [1.29, 1.82) is 0 Å². The normalized spacial score (nSPS) is 12.3. The van der Waals surface area contributed by atoms with E-state index in [0.717, 1.165) is 11.1 Å². The number of carboxylic acids is 1. The van der Waals surface area contributed by atoms with E-state index >= 15 is 0 Å². The number of aliphatic carboxylic acids is 1. The second-order valence-electron chi connectivity index (χ2n) is 4.48. The molecule has 0 bridgehead atoms. The maximum absolute atomic E-state index is 10.8. The molecule has 1 unspecified atom stereocenters. The van der Waals surface area contributed by atoms with Gasteiger partial charge in [-0.25, -0.2) is 0 Å². The van der Waals surface area contributed by atoms with E-state index in [-0.39, 0.29) is 12.7 Å². The van der Waals surface area contributed by atoms with Crippen LogP contribution in [0.5, 0.6) is 0 Å². The molecule has 0 saturated carbocycles. The van der Waals surface area contributed by atoms with Gasteiger partial charge in [0.25, 0.3) is 0 Å². The lowest BCUT2D eigenvalue weighted by Gasteiger charge is -2.20. The Morgan fingerprint density at radius 1 is 1.00 bits per heavy atom. The van der Waals surface area contributed by atoms with Crippen molar-refractivity contribution in [2.24, 2.45) is 5.73 Å². The van der Waals surface area contributed by atoms with E-state index in [1.54, 1.807) is 0 Å². The Labute approximate surface area is 117 Å². The number of carbonyl (C=O) groups is 1. The molecule has 2 aromatic rings. The van der Waals surface area contributed by atoms with Crippen molar-refractivity contribution >= 4 is 5.97 Å². The SMILES string of the molecule is NC(COC(c1ccccc1)c1ccccc1)C(=O)O. The molecule has 2 rings (SSSR count). The highest BCUT2D eigenvalue weighted by Crippen LogP contribution is 2.25. The lowest BCUT2D eigenvalue weighted by molar-refractivity contribution is -0.140. The number of benzene rings is 2. The average molecular weight is 271 g/mol. The molecule has 104 valence electrons. The van der Waals surface area contributed by atoms with Crippen molar-refractivity contribution < 1.29 is 14.6 Å². The Bertz CT molecular complexity index is 503. The number of hydrogen-bond donors (Lipinski definition) is 2. The van der Waals surface area contributed by atoms with Gasteiger partial charge in [-0.1, -0.05) is 60.7 Å². The summed E-state index contributed by atoms with van der Waals surface area (Å²) < 4.78 is 5.73. The third-order valence-electron chi connectivity index (χ3n) is 2.96. The van der Waals surface area contributed by atoms with Crippen LogP contribution in [0.3, 0.4) is 0 Å². The zero-order valence-electron chi connectivity index (χ0n) is 11.0. The first kappa shape index (κ1) is 14.2. The molecule has 0 heterocycles. The van der Waals surface area contributed by atoms with Crippen LogP contribution in [0.4, 0.5) is 0 Å². The highest BCUT2D eigenvalue weighted by atomic mass is 16.5. The van der Waals surface area contributed by atoms with Gasteiger partial charge in [0, 0.05) is 0 Å². The second kappa shape index (κ2) is 6.84. The molecule has 0 aliphatic carbocycles. The van der Waals surface area contributed by atoms with Gasteiger partial charge in [-0.2, -0.15) is 0 Å². The molecule has 0 radical (unpaired) electrons. The smallest absolute Gasteiger partial charge is 0.322 e. The van der Waals surface area contributed by atoms with Crippen LogP contribution in [0.15, 0.2) is 60.7 Å². The van der Waals surface area contributed by atoms with E-state index in [1.807, 2.05) is 60.7 Å². The van der Waals surface area contributed by atoms with Gasteiger partial charge in [0.15, 0.2) is 0 Å². The fraction of sp³-hybridized carbons (Fsp3) is 0.188. The summed E-state index contributed by atoms with van der Waals surface area (Å²) in [6.45, 7) is -0.0379. The first-order chi connectivity index (χ1) is 9.68. The Morgan fingerprint density at radius 3 is 1.85 bits per heavy atom. The predicted octanol–water partition coefficient (Wildman–Crippen LogP) is 2.20. The van der Waals surface area contributed by atoms with E-state index in [1.165, 1.54) is 0 Å². The van der Waals surface area contributed by atoms with E-state index in [4.69, 9.17) is 15.6 Å². The number of hydrogen-bond acceptors (Lipinski definition) is 3. The van der Waals surface area contributed by atoms with Crippen molar-refractivity contribution in [3.63, 3.8) is 0 Å². The lowest BCUT2D eigenvalue weighted by atomic mass is 10.0. The molecule has 0 spiro atoms. The third kappa shape index (κ3) is 3.66. The fourth-order valence-corrected chi connectivity index (χ4v) is 1.91. The van der Waals surface area contributed by atoms with Crippen LogP contribution in [-0.2, 0) is 9.53 Å². The van der Waals surface area contributed by atoms with Crippen LogP contribution in [-0.4, -0.2) is 23.7 Å². The Balaban J connectivity index is 2.19. The van der Waals surface area contributed by atoms with Crippen LogP contribution in [0.2, 0.25) is 0 Å². The van der Waals surface area contributed by atoms with E-state index < -0.39 is 12.0 Å². The minimum absolute atomic E-state index is 0.0379. The number of nitrogens with two attached hydrogens (primary N) is 1. The molecule has 3 N–H and O–H groups in total. The Kier molecular flexibility index (Phi) is 4.87. The molecule has 4 nitrogen and oxygen atoms in total. The molecule has 4 heteroatoms. The summed E-state index contributed by atoms with van der Waals surface area (Å²) in [4.78, 5) is 10.8. The summed E-state index contributed by atoms with van der Waals surface area (Å²) in [6, 6.07) is 18.3. The quantitative estimate of drug-likeness (QED) is 0.844. The highest BCUT2D eigenvalue weighted by molar-refractivity contribution is 5.73. The van der Waals surface area contributed by atoms with Gasteiger partial charge in [-0.3, -0.25) is 4.79 Å². The maximum atomic E-state index is 10.8. The summed E-state index contributed by atoms with van der Waals surface area (Å²) in [6.07, 6.45) is -0.317. The second-order valence-corrected chi connectivity index (χ2v) is 4.48. The van der Waals surface area contributed by atoms with Gasteiger partial charge in [0.05, 0.1) is 6.61 Å². The minimum Gasteiger partial charge on any atom is -0.480 e. The van der Waals surface area contributed by atoms with E-state index in [0.29, 0.717) is 0 Å². The average Bonchev–Trinajstić information content (AvgIpc) is 2.49. The molecule has 2 aromatic carbocycles. The molecular weight excluding hydrogens is 254 g/mol. The lowest BCUT2D eigenvalue weighted by Crippen LogP contribution is -2.35. The van der Waals surface area contributed by atoms with Gasteiger partial charge in [0.2, 0.25) is 0 Å². The molecule has 0 fully saturated rings. The number of rotatable bonds is 6. The van der Waals surface area contributed by atoms with Gasteiger partial charge < -0.3 is 15.6 Å². The molecule has 0 aromatic heterocycles. The van der Waals surface area contributed by atoms with E-state index in [2.05, 4.69) is 0 Å². The Morgan fingerprint density at radius 2 is 1.45 bits per heavy atom. The van der Waals surface area contributed by atoms with Crippen LogP contribution in [0.1, 0.15) is 17.2 Å². The topological polar surface area (TPSA) is 72.5 Å². The standard InChI is InChI=1S/C16H17NO3/c17-14(16(18)19)11-20-15(12-7-3-1-4-8-12)13-9-5-2-6-10-13/h1-10,14-15H,11,17H2,(H,18,19). The monoisotopic (exact) mass is 271 g/mol. The molecular formula is C16H17NO3. The maximum Gasteiger partial charge on any atom is 0.322 e.